The van der Waals surface area contributed by atoms with E-state index in [1.165, 1.54) is 0 Å². The highest BCUT2D eigenvalue weighted by atomic mass is 32.1. The van der Waals surface area contributed by atoms with E-state index in [1.54, 1.807) is 13.8 Å². The van der Waals surface area contributed by atoms with Gasteiger partial charge in [0.15, 0.2) is 0 Å². The van der Waals surface area contributed by atoms with Crippen LogP contribution in [0.5, 0.6) is 0 Å². The first-order chi connectivity index (χ1) is 14.3. The fourth-order valence-electron chi connectivity index (χ4n) is 2.40. The molecule has 0 aromatic rings. The number of nitrogens with two attached hydrogens (primary N) is 3. The molecular weight excluding hydrogens is 432 g/mol. The van der Waals surface area contributed by atoms with Gasteiger partial charge in [-0.2, -0.15) is 12.6 Å². The van der Waals surface area contributed by atoms with Crippen molar-refractivity contribution in [2.24, 2.45) is 23.1 Å². The molecule has 0 fully saturated rings. The Morgan fingerprint density at radius 3 is 1.81 bits per heavy atom. The second kappa shape index (κ2) is 13.4. The Hall–Kier alpha value is -2.87. The van der Waals surface area contributed by atoms with E-state index >= 15 is 0 Å². The van der Waals surface area contributed by atoms with Crippen LogP contribution in [-0.2, 0) is 28.8 Å². The normalized spacial score (nSPS) is 15.5. The fourth-order valence-corrected chi connectivity index (χ4v) is 2.66. The molecule has 176 valence electrons. The smallest absolute Gasteiger partial charge is 0.326 e. The van der Waals surface area contributed by atoms with Gasteiger partial charge in [0.2, 0.25) is 29.5 Å². The maximum atomic E-state index is 12.6. The molecule has 5 amide bonds. The number of carboxylic acid groups (broad SMARTS) is 1. The molecular formula is C17H30N6O7S. The van der Waals surface area contributed by atoms with Crippen LogP contribution < -0.4 is 33.2 Å². The van der Waals surface area contributed by atoms with Crippen LogP contribution in [0.15, 0.2) is 0 Å². The van der Waals surface area contributed by atoms with E-state index in [-0.39, 0.29) is 5.75 Å². The summed E-state index contributed by atoms with van der Waals surface area (Å²) in [6, 6.07) is -5.21. The van der Waals surface area contributed by atoms with E-state index in [0.29, 0.717) is 6.42 Å². The zero-order valence-electron chi connectivity index (χ0n) is 17.3. The molecule has 0 rings (SSSR count). The molecule has 0 saturated carbocycles. The van der Waals surface area contributed by atoms with Gasteiger partial charge in [0.25, 0.3) is 0 Å². The molecule has 0 aliphatic rings. The molecule has 0 heterocycles. The Morgan fingerprint density at radius 2 is 1.39 bits per heavy atom. The molecule has 0 aromatic carbocycles. The van der Waals surface area contributed by atoms with Gasteiger partial charge in [0.05, 0.1) is 18.9 Å². The average Bonchev–Trinajstić information content (AvgIpc) is 2.67. The van der Waals surface area contributed by atoms with Crippen molar-refractivity contribution in [3.8, 4) is 0 Å². The Balaban J connectivity index is 5.35. The maximum absolute atomic E-state index is 12.6. The minimum absolute atomic E-state index is 0.158. The number of aliphatic carboxylic acids is 1. The van der Waals surface area contributed by atoms with Gasteiger partial charge in [0, 0.05) is 5.75 Å². The molecule has 0 bridgehead atoms. The lowest BCUT2D eigenvalue weighted by Gasteiger charge is -2.27. The van der Waals surface area contributed by atoms with Crippen LogP contribution >= 0.6 is 12.6 Å². The van der Waals surface area contributed by atoms with Crippen LogP contribution in [-0.4, -0.2) is 70.5 Å². The summed E-state index contributed by atoms with van der Waals surface area (Å²) in [5.41, 5.74) is 15.5. The maximum Gasteiger partial charge on any atom is 0.326 e. The number of rotatable bonds is 14. The summed E-state index contributed by atoms with van der Waals surface area (Å²) in [4.78, 5) is 70.4. The van der Waals surface area contributed by atoms with Gasteiger partial charge in [-0.1, -0.05) is 20.3 Å². The SMILES string of the molecule is CCC(C)C(NC(=O)C(CS)NC(=O)C(N)CC(N)=O)C(=O)NC(CC(N)=O)C(=O)O. The third kappa shape index (κ3) is 10.1. The molecule has 10 N–H and O–H groups in total. The fraction of sp³-hybridized carbons (Fsp3) is 0.647. The summed E-state index contributed by atoms with van der Waals surface area (Å²) in [5.74, 6) is -6.22. The molecule has 13 nitrogen and oxygen atoms in total. The van der Waals surface area contributed by atoms with E-state index in [1.807, 2.05) is 0 Å². The van der Waals surface area contributed by atoms with Crippen molar-refractivity contribution in [1.82, 2.24) is 16.0 Å². The minimum Gasteiger partial charge on any atom is -0.480 e. The highest BCUT2D eigenvalue weighted by molar-refractivity contribution is 7.80. The first-order valence-electron chi connectivity index (χ1n) is 9.40. The lowest BCUT2D eigenvalue weighted by molar-refractivity contribution is -0.144. The number of hydrogen-bond donors (Lipinski definition) is 8. The van der Waals surface area contributed by atoms with Gasteiger partial charge in [-0.3, -0.25) is 24.0 Å². The molecule has 5 unspecified atom stereocenters. The molecule has 0 aliphatic carbocycles. The molecule has 31 heavy (non-hydrogen) atoms. The number of amides is 5. The Kier molecular flexibility index (Phi) is 12.2. The van der Waals surface area contributed by atoms with Gasteiger partial charge in [-0.05, 0) is 5.92 Å². The van der Waals surface area contributed by atoms with Crippen molar-refractivity contribution in [2.75, 3.05) is 5.75 Å². The summed E-state index contributed by atoms with van der Waals surface area (Å²) in [6.45, 7) is 3.39. The van der Waals surface area contributed by atoms with Crippen molar-refractivity contribution in [3.05, 3.63) is 0 Å². The zero-order chi connectivity index (χ0) is 24.3. The van der Waals surface area contributed by atoms with Gasteiger partial charge in [-0.15, -0.1) is 0 Å². The van der Waals surface area contributed by atoms with Gasteiger partial charge >= 0.3 is 5.97 Å². The predicted octanol–water partition coefficient (Wildman–Crippen LogP) is -3.42. The summed E-state index contributed by atoms with van der Waals surface area (Å²) < 4.78 is 0. The third-order valence-electron chi connectivity index (χ3n) is 4.39. The van der Waals surface area contributed by atoms with E-state index in [2.05, 4.69) is 28.6 Å². The van der Waals surface area contributed by atoms with Crippen LogP contribution in [0.4, 0.5) is 0 Å². The van der Waals surface area contributed by atoms with E-state index in [0.717, 1.165) is 0 Å². The molecule has 0 aromatic heterocycles. The van der Waals surface area contributed by atoms with E-state index in [4.69, 9.17) is 22.3 Å². The lowest BCUT2D eigenvalue weighted by Crippen LogP contribution is -2.59. The quantitative estimate of drug-likeness (QED) is 0.121. The van der Waals surface area contributed by atoms with E-state index < -0.39 is 78.4 Å². The Labute approximate surface area is 184 Å². The molecule has 14 heteroatoms. The first-order valence-corrected chi connectivity index (χ1v) is 10.0. The van der Waals surface area contributed by atoms with Crippen LogP contribution in [0.3, 0.4) is 0 Å². The summed E-state index contributed by atoms with van der Waals surface area (Å²) in [7, 11) is 0. The van der Waals surface area contributed by atoms with Crippen LogP contribution in [0.2, 0.25) is 0 Å². The Bertz CT molecular complexity index is 704. The van der Waals surface area contributed by atoms with Crippen LogP contribution in [0, 0.1) is 5.92 Å². The predicted molar refractivity (Wildman–Crippen MR) is 112 cm³/mol. The molecule has 0 spiro atoms. The Morgan fingerprint density at radius 1 is 0.871 bits per heavy atom. The zero-order valence-corrected chi connectivity index (χ0v) is 18.2. The summed E-state index contributed by atoms with van der Waals surface area (Å²) >= 11 is 4.00. The summed E-state index contributed by atoms with van der Waals surface area (Å²) in [5, 5.41) is 16.1. The number of carbonyl (C=O) groups is 6. The van der Waals surface area contributed by atoms with Crippen LogP contribution in [0.1, 0.15) is 33.1 Å². The van der Waals surface area contributed by atoms with Crippen molar-refractivity contribution >= 4 is 48.1 Å². The molecule has 0 radical (unpaired) electrons. The van der Waals surface area contributed by atoms with E-state index in [9.17, 15) is 28.8 Å². The molecule has 0 saturated heterocycles. The number of carbonyl (C=O) groups excluding carboxylic acids is 5. The van der Waals surface area contributed by atoms with Crippen molar-refractivity contribution in [2.45, 2.75) is 57.3 Å². The lowest BCUT2D eigenvalue weighted by atomic mass is 9.97. The summed E-state index contributed by atoms with van der Waals surface area (Å²) in [6.07, 6.45) is -0.621. The molecule has 0 aliphatic heterocycles. The highest BCUT2D eigenvalue weighted by Crippen LogP contribution is 2.10. The van der Waals surface area contributed by atoms with Crippen LogP contribution in [0.25, 0.3) is 0 Å². The molecule has 5 atom stereocenters. The van der Waals surface area contributed by atoms with Crippen molar-refractivity contribution in [3.63, 3.8) is 0 Å². The standard InChI is InChI=1S/C17H30N6O7S/c1-3-7(2)13(16(28)21-9(17(29)30)5-12(20)25)23-15(27)10(6-31)22-14(26)8(18)4-11(19)24/h7-10,13,31H,3-6,18H2,1-2H3,(H2,19,24)(H2,20,25)(H,21,28)(H,22,26)(H,23,27)(H,29,30). The van der Waals surface area contributed by atoms with Gasteiger partial charge < -0.3 is 38.3 Å². The number of carboxylic acids is 1. The number of hydrogen-bond acceptors (Lipinski definition) is 8. The monoisotopic (exact) mass is 462 g/mol. The third-order valence-corrected chi connectivity index (χ3v) is 4.75. The second-order valence-electron chi connectivity index (χ2n) is 6.96. The van der Waals surface area contributed by atoms with Crippen molar-refractivity contribution < 1.29 is 33.9 Å². The average molecular weight is 463 g/mol. The van der Waals surface area contributed by atoms with Crippen molar-refractivity contribution in [1.29, 1.82) is 0 Å². The first kappa shape index (κ1) is 28.1. The second-order valence-corrected chi connectivity index (χ2v) is 7.33. The number of nitrogens with one attached hydrogen (secondary N) is 3. The number of thiol groups is 1. The van der Waals surface area contributed by atoms with Gasteiger partial charge in [0.1, 0.15) is 18.1 Å². The minimum atomic E-state index is -1.57. The topological polar surface area (TPSA) is 237 Å². The largest absolute Gasteiger partial charge is 0.480 e. The van der Waals surface area contributed by atoms with Gasteiger partial charge in [-0.25, -0.2) is 4.79 Å². The highest BCUT2D eigenvalue weighted by Gasteiger charge is 2.32. The number of primary amides is 2.